The van der Waals surface area contributed by atoms with Gasteiger partial charge in [-0.3, -0.25) is 9.59 Å². The van der Waals surface area contributed by atoms with E-state index in [1.54, 1.807) is 36.3 Å². The highest BCUT2D eigenvalue weighted by Crippen LogP contribution is 2.28. The molecule has 0 radical (unpaired) electrons. The summed E-state index contributed by atoms with van der Waals surface area (Å²) in [5, 5.41) is 2.81. The lowest BCUT2D eigenvalue weighted by Gasteiger charge is -2.33. The van der Waals surface area contributed by atoms with Crippen molar-refractivity contribution in [2.75, 3.05) is 39.9 Å². The molecule has 1 aliphatic heterocycles. The van der Waals surface area contributed by atoms with Crippen LogP contribution < -0.4 is 14.8 Å². The highest BCUT2D eigenvalue weighted by molar-refractivity contribution is 7.89. The summed E-state index contributed by atoms with van der Waals surface area (Å²) < 4.78 is 38.2. The van der Waals surface area contributed by atoms with Crippen LogP contribution in [0.3, 0.4) is 0 Å². The first kappa shape index (κ1) is 24.5. The van der Waals surface area contributed by atoms with Gasteiger partial charge in [0, 0.05) is 45.2 Å². The van der Waals surface area contributed by atoms with Gasteiger partial charge in [0.05, 0.1) is 18.6 Å². The van der Waals surface area contributed by atoms with E-state index in [-0.39, 0.29) is 41.9 Å². The van der Waals surface area contributed by atoms with E-state index in [4.69, 9.17) is 9.47 Å². The minimum absolute atomic E-state index is 0.0501. The van der Waals surface area contributed by atoms with Gasteiger partial charge in [-0.25, -0.2) is 8.42 Å². The smallest absolute Gasteiger partial charge is 0.251 e. The maximum absolute atomic E-state index is 13.0. The van der Waals surface area contributed by atoms with Crippen molar-refractivity contribution < 1.29 is 27.5 Å². The first-order valence-electron chi connectivity index (χ1n) is 10.7. The Morgan fingerprint density at radius 3 is 2.39 bits per heavy atom. The molecule has 2 amide bonds. The molecule has 0 atom stereocenters. The number of ether oxygens (including phenoxy) is 2. The van der Waals surface area contributed by atoms with E-state index in [0.717, 1.165) is 5.56 Å². The van der Waals surface area contributed by atoms with Crippen LogP contribution in [0.2, 0.25) is 0 Å². The quantitative estimate of drug-likeness (QED) is 0.625. The number of hydrogen-bond donors (Lipinski definition) is 1. The molecule has 9 nitrogen and oxygen atoms in total. The lowest BCUT2D eigenvalue weighted by molar-refractivity contribution is -0.129. The summed E-state index contributed by atoms with van der Waals surface area (Å²) in [6.45, 7) is 5.24. The number of nitrogens with zero attached hydrogens (tertiary/aromatic N) is 2. The maximum Gasteiger partial charge on any atom is 0.251 e. The molecule has 2 aromatic carbocycles. The van der Waals surface area contributed by atoms with Crippen molar-refractivity contribution in [3.05, 3.63) is 53.6 Å². The first-order chi connectivity index (χ1) is 15.8. The van der Waals surface area contributed by atoms with E-state index in [9.17, 15) is 18.0 Å². The summed E-state index contributed by atoms with van der Waals surface area (Å²) in [6.07, 6.45) is 0. The van der Waals surface area contributed by atoms with Crippen LogP contribution in [0.5, 0.6) is 11.5 Å². The average molecular weight is 476 g/mol. The van der Waals surface area contributed by atoms with Crippen LogP contribution in [0.25, 0.3) is 0 Å². The van der Waals surface area contributed by atoms with E-state index in [1.165, 1.54) is 23.4 Å². The molecule has 0 unspecified atom stereocenters. The summed E-state index contributed by atoms with van der Waals surface area (Å²) in [5.74, 6) is 0.732. The minimum Gasteiger partial charge on any atom is -0.493 e. The molecule has 1 saturated heterocycles. The van der Waals surface area contributed by atoms with Gasteiger partial charge in [-0.1, -0.05) is 12.1 Å². The number of hydrogen-bond acceptors (Lipinski definition) is 6. The lowest BCUT2D eigenvalue weighted by atomic mass is 10.1. The second-order valence-electron chi connectivity index (χ2n) is 7.54. The van der Waals surface area contributed by atoms with Gasteiger partial charge in [0.2, 0.25) is 15.9 Å². The molecule has 33 heavy (non-hydrogen) atoms. The number of amides is 2. The Bertz CT molecular complexity index is 1110. The zero-order valence-corrected chi connectivity index (χ0v) is 19.9. The second-order valence-corrected chi connectivity index (χ2v) is 9.48. The SMILES string of the molecule is CCOc1ccc(CNC(=O)c2cccc(S(=O)(=O)N3CCN(C(C)=O)CC3)c2)cc1OC. The Labute approximate surface area is 194 Å². The van der Waals surface area contributed by atoms with Gasteiger partial charge in [-0.2, -0.15) is 4.31 Å². The Morgan fingerprint density at radius 1 is 1.03 bits per heavy atom. The number of carbonyl (C=O) groups is 2. The van der Waals surface area contributed by atoms with Crippen molar-refractivity contribution in [1.82, 2.24) is 14.5 Å². The summed E-state index contributed by atoms with van der Waals surface area (Å²) >= 11 is 0. The third kappa shape index (κ3) is 5.82. The van der Waals surface area contributed by atoms with Crippen molar-refractivity contribution in [2.24, 2.45) is 0 Å². The number of benzene rings is 2. The molecular formula is C23H29N3O6S. The molecule has 1 fully saturated rings. The van der Waals surface area contributed by atoms with Crippen LogP contribution in [-0.4, -0.2) is 69.3 Å². The number of carbonyl (C=O) groups excluding carboxylic acids is 2. The summed E-state index contributed by atoms with van der Waals surface area (Å²) in [5.41, 5.74) is 1.06. The van der Waals surface area contributed by atoms with Gasteiger partial charge >= 0.3 is 0 Å². The predicted molar refractivity (Wildman–Crippen MR) is 123 cm³/mol. The Hall–Kier alpha value is -3.11. The molecule has 0 aromatic heterocycles. The van der Waals surface area contributed by atoms with Crippen LogP contribution in [0.15, 0.2) is 47.4 Å². The fourth-order valence-corrected chi connectivity index (χ4v) is 5.04. The molecule has 0 aliphatic carbocycles. The van der Waals surface area contributed by atoms with E-state index < -0.39 is 10.0 Å². The number of piperazine rings is 1. The van der Waals surface area contributed by atoms with Crippen molar-refractivity contribution in [1.29, 1.82) is 0 Å². The number of methoxy groups -OCH3 is 1. The topological polar surface area (TPSA) is 105 Å². The summed E-state index contributed by atoms with van der Waals surface area (Å²) in [6, 6.07) is 11.4. The normalized spacial score (nSPS) is 14.6. The van der Waals surface area contributed by atoms with Crippen molar-refractivity contribution in [3.63, 3.8) is 0 Å². The van der Waals surface area contributed by atoms with Gasteiger partial charge in [0.25, 0.3) is 5.91 Å². The number of sulfonamides is 1. The molecule has 1 aliphatic rings. The van der Waals surface area contributed by atoms with Crippen LogP contribution in [-0.2, 0) is 21.4 Å². The fourth-order valence-electron chi connectivity index (χ4n) is 3.57. The van der Waals surface area contributed by atoms with E-state index in [1.807, 2.05) is 13.0 Å². The maximum atomic E-state index is 13.0. The molecule has 0 spiro atoms. The highest BCUT2D eigenvalue weighted by atomic mass is 32.2. The van der Waals surface area contributed by atoms with Gasteiger partial charge in [0.1, 0.15) is 0 Å². The third-order valence-corrected chi connectivity index (χ3v) is 7.29. The van der Waals surface area contributed by atoms with Crippen LogP contribution in [0, 0.1) is 0 Å². The average Bonchev–Trinajstić information content (AvgIpc) is 2.83. The standard InChI is InChI=1S/C23H29N3O6S/c1-4-32-21-9-8-18(14-22(21)31-3)16-24-23(28)19-6-5-7-20(15-19)33(29,30)26-12-10-25(11-13-26)17(2)27/h5-9,14-15H,4,10-13,16H2,1-3H3,(H,24,28). The summed E-state index contributed by atoms with van der Waals surface area (Å²) in [7, 11) is -2.22. The molecule has 10 heteroatoms. The molecule has 178 valence electrons. The van der Waals surface area contributed by atoms with Crippen LogP contribution in [0.1, 0.15) is 29.8 Å². The van der Waals surface area contributed by atoms with Gasteiger partial charge in [0.15, 0.2) is 11.5 Å². The molecule has 0 saturated carbocycles. The third-order valence-electron chi connectivity index (χ3n) is 5.40. The Morgan fingerprint density at radius 2 is 1.76 bits per heavy atom. The fraction of sp³-hybridized carbons (Fsp3) is 0.391. The largest absolute Gasteiger partial charge is 0.493 e. The number of rotatable bonds is 8. The summed E-state index contributed by atoms with van der Waals surface area (Å²) in [4.78, 5) is 25.9. The Kier molecular flexibility index (Phi) is 7.93. The highest BCUT2D eigenvalue weighted by Gasteiger charge is 2.29. The molecule has 1 heterocycles. The van der Waals surface area contributed by atoms with Crippen LogP contribution in [0.4, 0.5) is 0 Å². The molecule has 1 N–H and O–H groups in total. The van der Waals surface area contributed by atoms with Crippen LogP contribution >= 0.6 is 0 Å². The predicted octanol–water partition coefficient (Wildman–Crippen LogP) is 1.88. The van der Waals surface area contributed by atoms with Gasteiger partial charge in [-0.05, 0) is 42.8 Å². The Balaban J connectivity index is 1.68. The minimum atomic E-state index is -3.77. The molecule has 0 bridgehead atoms. The molecule has 2 aromatic rings. The van der Waals surface area contributed by atoms with Crippen molar-refractivity contribution in [3.8, 4) is 11.5 Å². The molecule has 3 rings (SSSR count). The molecular weight excluding hydrogens is 446 g/mol. The van der Waals surface area contributed by atoms with E-state index in [0.29, 0.717) is 31.2 Å². The lowest BCUT2D eigenvalue weighted by Crippen LogP contribution is -2.49. The zero-order chi connectivity index (χ0) is 24.0. The van der Waals surface area contributed by atoms with E-state index in [2.05, 4.69) is 5.32 Å². The monoisotopic (exact) mass is 475 g/mol. The van der Waals surface area contributed by atoms with Crippen molar-refractivity contribution in [2.45, 2.75) is 25.3 Å². The second kappa shape index (κ2) is 10.7. The van der Waals surface area contributed by atoms with Gasteiger partial charge in [-0.15, -0.1) is 0 Å². The van der Waals surface area contributed by atoms with Gasteiger partial charge < -0.3 is 19.7 Å². The first-order valence-corrected chi connectivity index (χ1v) is 12.1. The van der Waals surface area contributed by atoms with E-state index >= 15 is 0 Å². The zero-order valence-electron chi connectivity index (χ0n) is 19.0. The van der Waals surface area contributed by atoms with Crippen molar-refractivity contribution >= 4 is 21.8 Å². The number of nitrogens with one attached hydrogen (secondary N) is 1.